The van der Waals surface area contributed by atoms with Crippen LogP contribution in [0, 0.1) is 10.1 Å². The number of nitro groups is 1. The van der Waals surface area contributed by atoms with Crippen molar-refractivity contribution in [3.05, 3.63) is 28.3 Å². The van der Waals surface area contributed by atoms with Gasteiger partial charge in [0.25, 0.3) is 0 Å². The molecule has 0 saturated carbocycles. The summed E-state index contributed by atoms with van der Waals surface area (Å²) in [5.41, 5.74) is 0.953. The van der Waals surface area contributed by atoms with E-state index in [0.717, 1.165) is 0 Å². The predicted molar refractivity (Wildman–Crippen MR) is 72.5 cm³/mol. The third kappa shape index (κ3) is 2.44. The highest BCUT2D eigenvalue weighted by Gasteiger charge is 2.28. The number of anilines is 2. The van der Waals surface area contributed by atoms with Crippen LogP contribution in [0.1, 0.15) is 0 Å². The summed E-state index contributed by atoms with van der Waals surface area (Å²) in [5.74, 6) is -0.0320. The van der Waals surface area contributed by atoms with Crippen LogP contribution in [0.2, 0.25) is 0 Å². The summed E-state index contributed by atoms with van der Waals surface area (Å²) in [5, 5.41) is 14.0. The largest absolute Gasteiger partial charge is 0.382 e. The van der Waals surface area contributed by atoms with Gasteiger partial charge in [-0.05, 0) is 12.1 Å². The zero-order valence-corrected chi connectivity index (χ0v) is 10.9. The molecule has 1 N–H and O–H groups in total. The number of amides is 1. The fourth-order valence-electron chi connectivity index (χ4n) is 2.14. The highest BCUT2D eigenvalue weighted by molar-refractivity contribution is 5.85. The highest BCUT2D eigenvalue weighted by atomic mass is 16.6. The molecule has 1 saturated heterocycles. The van der Waals surface area contributed by atoms with Gasteiger partial charge in [0.2, 0.25) is 5.91 Å². The van der Waals surface area contributed by atoms with E-state index in [1.54, 1.807) is 42.1 Å². The van der Waals surface area contributed by atoms with Gasteiger partial charge in [0.15, 0.2) is 0 Å². The van der Waals surface area contributed by atoms with Gasteiger partial charge in [0, 0.05) is 27.2 Å². The van der Waals surface area contributed by atoms with Gasteiger partial charge < -0.3 is 15.1 Å². The van der Waals surface area contributed by atoms with Gasteiger partial charge in [-0.1, -0.05) is 6.07 Å². The van der Waals surface area contributed by atoms with E-state index in [1.165, 1.54) is 0 Å². The maximum atomic E-state index is 11.7. The maximum Gasteiger partial charge on any atom is 0.315 e. The summed E-state index contributed by atoms with van der Waals surface area (Å²) in [4.78, 5) is 25.9. The molecule has 0 spiro atoms. The summed E-state index contributed by atoms with van der Waals surface area (Å²) in [6.45, 7) is 1.33. The lowest BCUT2D eigenvalue weighted by atomic mass is 10.2. The minimum absolute atomic E-state index is 0.0161. The van der Waals surface area contributed by atoms with Crippen molar-refractivity contribution >= 4 is 23.0 Å². The molecule has 1 aliphatic heterocycles. The van der Waals surface area contributed by atoms with Crippen molar-refractivity contribution in [2.24, 2.45) is 0 Å². The lowest BCUT2D eigenvalue weighted by Crippen LogP contribution is -2.48. The molecule has 7 heteroatoms. The zero-order valence-electron chi connectivity index (χ0n) is 10.9. The van der Waals surface area contributed by atoms with Crippen LogP contribution in [0.5, 0.6) is 0 Å². The van der Waals surface area contributed by atoms with Crippen LogP contribution < -0.4 is 10.2 Å². The summed E-state index contributed by atoms with van der Waals surface area (Å²) < 4.78 is 0. The van der Waals surface area contributed by atoms with Gasteiger partial charge >= 0.3 is 5.69 Å². The normalized spacial score (nSPS) is 15.6. The molecule has 0 unspecified atom stereocenters. The first-order valence-electron chi connectivity index (χ1n) is 5.98. The molecule has 1 heterocycles. The second kappa shape index (κ2) is 5.13. The number of hydrogen-bond acceptors (Lipinski definition) is 5. The number of piperazine rings is 1. The number of para-hydroxylation sites is 1. The van der Waals surface area contributed by atoms with E-state index in [-0.39, 0.29) is 18.1 Å². The number of carbonyl (C=O) groups excluding carboxylic acids is 1. The second-order valence-electron chi connectivity index (χ2n) is 4.42. The topological polar surface area (TPSA) is 78.7 Å². The first kappa shape index (κ1) is 13.1. The fourth-order valence-corrected chi connectivity index (χ4v) is 2.14. The van der Waals surface area contributed by atoms with Crippen molar-refractivity contribution in [1.82, 2.24) is 4.90 Å². The van der Waals surface area contributed by atoms with Crippen molar-refractivity contribution in [2.75, 3.05) is 43.9 Å². The Morgan fingerprint density at radius 3 is 2.68 bits per heavy atom. The van der Waals surface area contributed by atoms with Gasteiger partial charge in [0.1, 0.15) is 11.4 Å². The van der Waals surface area contributed by atoms with Crippen molar-refractivity contribution < 1.29 is 9.72 Å². The van der Waals surface area contributed by atoms with Crippen LogP contribution in [-0.4, -0.2) is 49.5 Å². The molecule has 0 radical (unpaired) electrons. The molecule has 19 heavy (non-hydrogen) atoms. The summed E-state index contributed by atoms with van der Waals surface area (Å²) in [6.07, 6.45) is 0. The third-order valence-corrected chi connectivity index (χ3v) is 3.26. The SMILES string of the molecule is CNc1cccc(N2CCN(C)C(=O)C2)c1[N+](=O)[O-]. The molecule has 2 rings (SSSR count). The molecule has 0 atom stereocenters. The van der Waals surface area contributed by atoms with E-state index in [0.29, 0.717) is 24.5 Å². The molecule has 1 amide bonds. The first-order chi connectivity index (χ1) is 9.04. The molecule has 1 aromatic rings. The van der Waals surface area contributed by atoms with Gasteiger partial charge in [-0.25, -0.2) is 0 Å². The van der Waals surface area contributed by atoms with Crippen LogP contribution >= 0.6 is 0 Å². The van der Waals surface area contributed by atoms with E-state index in [2.05, 4.69) is 5.32 Å². The molecule has 0 aliphatic carbocycles. The highest BCUT2D eigenvalue weighted by Crippen LogP contribution is 2.35. The zero-order chi connectivity index (χ0) is 14.0. The van der Waals surface area contributed by atoms with E-state index < -0.39 is 4.92 Å². The van der Waals surface area contributed by atoms with Gasteiger partial charge in [-0.15, -0.1) is 0 Å². The molecule has 1 aliphatic rings. The number of benzene rings is 1. The minimum atomic E-state index is -0.413. The van der Waals surface area contributed by atoms with Crippen LogP contribution in [0.4, 0.5) is 17.1 Å². The Morgan fingerprint density at radius 1 is 1.37 bits per heavy atom. The summed E-state index contributed by atoms with van der Waals surface area (Å²) in [7, 11) is 3.37. The Labute approximate surface area is 110 Å². The predicted octanol–water partition coefficient (Wildman–Crippen LogP) is 0.915. The lowest BCUT2D eigenvalue weighted by molar-refractivity contribution is -0.383. The molecule has 0 bridgehead atoms. The molecule has 1 fully saturated rings. The van der Waals surface area contributed by atoms with Crippen LogP contribution in [0.25, 0.3) is 0 Å². The molecule has 0 aromatic heterocycles. The Hall–Kier alpha value is -2.31. The number of carbonyl (C=O) groups is 1. The van der Waals surface area contributed by atoms with Crippen LogP contribution in [0.15, 0.2) is 18.2 Å². The monoisotopic (exact) mass is 264 g/mol. The van der Waals surface area contributed by atoms with E-state index in [9.17, 15) is 14.9 Å². The van der Waals surface area contributed by atoms with Crippen LogP contribution in [-0.2, 0) is 4.79 Å². The molecule has 7 nitrogen and oxygen atoms in total. The van der Waals surface area contributed by atoms with Crippen LogP contribution in [0.3, 0.4) is 0 Å². The third-order valence-electron chi connectivity index (χ3n) is 3.26. The molecular formula is C12H16N4O3. The van der Waals surface area contributed by atoms with Crippen molar-refractivity contribution in [2.45, 2.75) is 0 Å². The smallest absolute Gasteiger partial charge is 0.315 e. The van der Waals surface area contributed by atoms with Gasteiger partial charge in [-0.3, -0.25) is 14.9 Å². The number of hydrogen-bond donors (Lipinski definition) is 1. The number of nitro benzene ring substituents is 1. The maximum absolute atomic E-state index is 11.7. The number of likely N-dealkylation sites (N-methyl/N-ethyl adjacent to an activating group) is 1. The van der Waals surface area contributed by atoms with E-state index >= 15 is 0 Å². The Morgan fingerprint density at radius 2 is 2.11 bits per heavy atom. The average molecular weight is 264 g/mol. The molecule has 1 aromatic carbocycles. The molecular weight excluding hydrogens is 248 g/mol. The second-order valence-corrected chi connectivity index (χ2v) is 4.42. The number of nitrogens with one attached hydrogen (secondary N) is 1. The Bertz CT molecular complexity index is 518. The summed E-state index contributed by atoms with van der Waals surface area (Å²) in [6, 6.07) is 5.08. The van der Waals surface area contributed by atoms with Gasteiger partial charge in [-0.2, -0.15) is 0 Å². The Balaban J connectivity index is 2.39. The fraction of sp³-hybridized carbons (Fsp3) is 0.417. The minimum Gasteiger partial charge on any atom is -0.382 e. The standard InChI is InChI=1S/C12H16N4O3/c1-13-9-4-3-5-10(12(9)16(18)19)15-7-6-14(2)11(17)8-15/h3-5,13H,6-8H2,1-2H3. The van der Waals surface area contributed by atoms with E-state index in [4.69, 9.17) is 0 Å². The van der Waals surface area contributed by atoms with E-state index in [1.807, 2.05) is 0 Å². The number of nitrogens with zero attached hydrogens (tertiary/aromatic N) is 3. The quantitative estimate of drug-likeness (QED) is 0.648. The first-order valence-corrected chi connectivity index (χ1v) is 5.98. The summed E-state index contributed by atoms with van der Waals surface area (Å²) >= 11 is 0. The Kier molecular flexibility index (Phi) is 3.55. The van der Waals surface area contributed by atoms with Gasteiger partial charge in [0.05, 0.1) is 11.5 Å². The average Bonchev–Trinajstić information content (AvgIpc) is 2.40. The molecule has 102 valence electrons. The number of rotatable bonds is 3. The lowest BCUT2D eigenvalue weighted by Gasteiger charge is -2.33. The van der Waals surface area contributed by atoms with Crippen molar-refractivity contribution in [3.8, 4) is 0 Å². The van der Waals surface area contributed by atoms with Crippen molar-refractivity contribution in [3.63, 3.8) is 0 Å². The van der Waals surface area contributed by atoms with Crippen molar-refractivity contribution in [1.29, 1.82) is 0 Å².